The van der Waals surface area contributed by atoms with Crippen LogP contribution in [0.3, 0.4) is 0 Å². The van der Waals surface area contributed by atoms with Gasteiger partial charge in [-0.15, -0.1) is 0 Å². The summed E-state index contributed by atoms with van der Waals surface area (Å²) in [5.74, 6) is -0.145. The van der Waals surface area contributed by atoms with Gasteiger partial charge in [-0.25, -0.2) is 9.59 Å². The van der Waals surface area contributed by atoms with Crippen molar-refractivity contribution in [2.45, 2.75) is 56.7 Å². The average molecular weight is 764 g/mol. The molecule has 4 aliphatic heterocycles. The highest BCUT2D eigenvalue weighted by molar-refractivity contribution is 9.11. The zero-order chi connectivity index (χ0) is 32.2. The van der Waals surface area contributed by atoms with Crippen LogP contribution in [0.1, 0.15) is 36.8 Å². The van der Waals surface area contributed by atoms with Crippen LogP contribution in [0.5, 0.6) is 5.75 Å². The van der Waals surface area contributed by atoms with E-state index in [-0.39, 0.29) is 30.2 Å². The molecule has 2 aromatic carbocycles. The minimum Gasteiger partial charge on any atom is -0.506 e. The van der Waals surface area contributed by atoms with Gasteiger partial charge in [0.15, 0.2) is 6.10 Å². The molecule has 2 aromatic rings. The topological polar surface area (TPSA) is 115 Å². The molecule has 6 rings (SSSR count). The summed E-state index contributed by atoms with van der Waals surface area (Å²) in [6.45, 7) is 5.72. The van der Waals surface area contributed by atoms with Crippen molar-refractivity contribution in [2.75, 3.05) is 64.3 Å². The maximum atomic E-state index is 13.9. The zero-order valence-electron chi connectivity index (χ0n) is 25.8. The number of carbonyl (C=O) groups is 3. The van der Waals surface area contributed by atoms with Crippen LogP contribution < -0.4 is 5.32 Å². The molecular formula is C33H41Br2N5O6. The summed E-state index contributed by atoms with van der Waals surface area (Å²) in [4.78, 5) is 48.3. The number of hydrogen-bond donors (Lipinski definition) is 2. The predicted octanol–water partition coefficient (Wildman–Crippen LogP) is 4.84. The standard InChI is InChI=1S/C33H41Br2N5O6/c34-26-19-22(20-27(35)30(26)41)21-29(31(42)38-15-13-37(14-16-38)24-8-17-45-18-9-24)46-33(44)39-10-6-25(7-11-39)40-12-5-23-3-1-2-4-28(23)36-32(40)43/h1-4,19-20,24-25,29,41H,5-18,21H2,(H,36,43). The molecule has 0 radical (unpaired) electrons. The highest BCUT2D eigenvalue weighted by Gasteiger charge is 2.36. The van der Waals surface area contributed by atoms with Crippen molar-refractivity contribution >= 4 is 55.6 Å². The van der Waals surface area contributed by atoms with E-state index in [0.717, 1.165) is 62.4 Å². The number of urea groups is 1. The van der Waals surface area contributed by atoms with E-state index in [2.05, 4.69) is 42.1 Å². The van der Waals surface area contributed by atoms with Crippen LogP contribution >= 0.6 is 31.9 Å². The van der Waals surface area contributed by atoms with Gasteiger partial charge in [-0.3, -0.25) is 9.69 Å². The van der Waals surface area contributed by atoms with Gasteiger partial charge in [0, 0.05) is 83.2 Å². The second-order valence-corrected chi connectivity index (χ2v) is 14.1. The Balaban J connectivity index is 1.09. The summed E-state index contributed by atoms with van der Waals surface area (Å²) in [5.41, 5.74) is 2.72. The van der Waals surface area contributed by atoms with Crippen LogP contribution in [0.25, 0.3) is 0 Å². The lowest BCUT2D eigenvalue weighted by molar-refractivity contribution is -0.143. The van der Waals surface area contributed by atoms with Crippen molar-refractivity contribution in [1.82, 2.24) is 19.6 Å². The Hall–Kier alpha value is -2.87. The number of halogens is 2. The number of nitrogens with zero attached hydrogens (tertiary/aromatic N) is 4. The van der Waals surface area contributed by atoms with Crippen molar-refractivity contribution < 1.29 is 29.0 Å². The lowest BCUT2D eigenvalue weighted by Gasteiger charge is -2.41. The average Bonchev–Trinajstić information content (AvgIpc) is 3.25. The van der Waals surface area contributed by atoms with Gasteiger partial charge in [-0.1, -0.05) is 18.2 Å². The number of hydrogen-bond acceptors (Lipinski definition) is 7. The summed E-state index contributed by atoms with van der Waals surface area (Å²) in [6, 6.07) is 11.7. The Morgan fingerprint density at radius 3 is 2.28 bits per heavy atom. The summed E-state index contributed by atoms with van der Waals surface area (Å²) in [7, 11) is 0. The fraction of sp³-hybridized carbons (Fsp3) is 0.545. The quantitative estimate of drug-likeness (QED) is 0.433. The SMILES string of the molecule is O=C(OC(Cc1cc(Br)c(O)c(Br)c1)C(=O)N1CCN(C2CCOCC2)CC1)N1CCC(N2CCc3ccccc3NC2=O)CC1. The molecule has 4 heterocycles. The van der Waals surface area contributed by atoms with E-state index in [9.17, 15) is 19.5 Å². The molecule has 0 aromatic heterocycles. The number of phenolic OH excluding ortho intramolecular Hbond substituents is 1. The zero-order valence-corrected chi connectivity index (χ0v) is 29.0. The van der Waals surface area contributed by atoms with Crippen molar-refractivity contribution in [1.29, 1.82) is 0 Å². The molecule has 1 atom stereocenters. The summed E-state index contributed by atoms with van der Waals surface area (Å²) >= 11 is 6.75. The number of aromatic hydroxyl groups is 1. The second kappa shape index (κ2) is 14.9. The van der Waals surface area contributed by atoms with Gasteiger partial charge in [-0.05, 0) is 93.3 Å². The highest BCUT2D eigenvalue weighted by atomic mass is 79.9. The third-order valence-electron chi connectivity index (χ3n) is 9.65. The maximum Gasteiger partial charge on any atom is 0.410 e. The molecule has 4 amide bonds. The number of ether oxygens (including phenoxy) is 2. The number of nitrogens with one attached hydrogen (secondary N) is 1. The van der Waals surface area contributed by atoms with Crippen molar-refractivity contribution in [2.24, 2.45) is 0 Å². The fourth-order valence-corrected chi connectivity index (χ4v) is 8.27. The normalized spacial score (nSPS) is 20.9. The van der Waals surface area contributed by atoms with Gasteiger partial charge >= 0.3 is 12.1 Å². The van der Waals surface area contributed by atoms with E-state index in [0.29, 0.717) is 60.6 Å². The number of fused-ring (bicyclic) bond motifs is 1. The van der Waals surface area contributed by atoms with E-state index >= 15 is 0 Å². The molecule has 0 bridgehead atoms. The lowest BCUT2D eigenvalue weighted by atomic mass is 10.0. The van der Waals surface area contributed by atoms with E-state index in [1.54, 1.807) is 21.9 Å². The number of anilines is 1. The third kappa shape index (κ3) is 7.64. The number of para-hydroxylation sites is 1. The third-order valence-corrected chi connectivity index (χ3v) is 10.9. The minimum atomic E-state index is -1.02. The number of carbonyl (C=O) groups excluding carboxylic acids is 3. The van der Waals surface area contributed by atoms with Gasteiger partial charge in [0.1, 0.15) is 5.75 Å². The summed E-state index contributed by atoms with van der Waals surface area (Å²) < 4.78 is 12.5. The maximum absolute atomic E-state index is 13.9. The number of rotatable bonds is 6. The van der Waals surface area contributed by atoms with Gasteiger partial charge in [0.2, 0.25) is 0 Å². The summed E-state index contributed by atoms with van der Waals surface area (Å²) in [6.07, 6.45) is 2.67. The number of benzene rings is 2. The van der Waals surface area contributed by atoms with Crippen molar-refractivity contribution in [3.63, 3.8) is 0 Å². The molecule has 248 valence electrons. The molecule has 3 fully saturated rings. The smallest absolute Gasteiger partial charge is 0.410 e. The van der Waals surface area contributed by atoms with Gasteiger partial charge < -0.3 is 34.6 Å². The molecule has 1 unspecified atom stereocenters. The summed E-state index contributed by atoms with van der Waals surface area (Å²) in [5, 5.41) is 13.3. The van der Waals surface area contributed by atoms with Crippen molar-refractivity contribution in [3.05, 3.63) is 56.5 Å². The van der Waals surface area contributed by atoms with E-state index in [4.69, 9.17) is 9.47 Å². The van der Waals surface area contributed by atoms with Gasteiger partial charge in [0.05, 0.1) is 8.95 Å². The number of likely N-dealkylation sites (tertiary alicyclic amines) is 1. The number of piperidine rings is 1. The first-order chi connectivity index (χ1) is 22.3. The Kier molecular flexibility index (Phi) is 10.7. The highest BCUT2D eigenvalue weighted by Crippen LogP contribution is 2.34. The van der Waals surface area contributed by atoms with Crippen LogP contribution in [-0.2, 0) is 27.1 Å². The molecule has 0 aliphatic carbocycles. The molecule has 0 saturated carbocycles. The van der Waals surface area contributed by atoms with Crippen LogP contribution in [0.2, 0.25) is 0 Å². The number of piperazine rings is 1. The first kappa shape index (κ1) is 33.0. The van der Waals surface area contributed by atoms with E-state index in [1.165, 1.54) is 0 Å². The molecular weight excluding hydrogens is 722 g/mol. The van der Waals surface area contributed by atoms with E-state index in [1.807, 2.05) is 29.2 Å². The van der Waals surface area contributed by atoms with Crippen LogP contribution in [0.4, 0.5) is 15.3 Å². The Bertz CT molecular complexity index is 1400. The van der Waals surface area contributed by atoms with Gasteiger partial charge in [-0.2, -0.15) is 0 Å². The van der Waals surface area contributed by atoms with Crippen LogP contribution in [-0.4, -0.2) is 120 Å². The van der Waals surface area contributed by atoms with Crippen LogP contribution in [0, 0.1) is 0 Å². The molecule has 3 saturated heterocycles. The molecule has 0 spiro atoms. The number of phenols is 1. The Morgan fingerprint density at radius 1 is 0.913 bits per heavy atom. The molecule has 11 nitrogen and oxygen atoms in total. The number of amides is 4. The predicted molar refractivity (Wildman–Crippen MR) is 180 cm³/mol. The fourth-order valence-electron chi connectivity index (χ4n) is 6.99. The van der Waals surface area contributed by atoms with Crippen molar-refractivity contribution in [3.8, 4) is 5.75 Å². The Morgan fingerprint density at radius 2 is 1.59 bits per heavy atom. The van der Waals surface area contributed by atoms with Crippen LogP contribution in [0.15, 0.2) is 45.3 Å². The lowest BCUT2D eigenvalue weighted by Crippen LogP contribution is -2.56. The second-order valence-electron chi connectivity index (χ2n) is 12.4. The molecule has 4 aliphatic rings. The largest absolute Gasteiger partial charge is 0.506 e. The minimum absolute atomic E-state index is 0.00881. The molecule has 13 heteroatoms. The molecule has 2 N–H and O–H groups in total. The monoisotopic (exact) mass is 761 g/mol. The van der Waals surface area contributed by atoms with E-state index < -0.39 is 12.2 Å². The first-order valence-corrected chi connectivity index (χ1v) is 17.7. The first-order valence-electron chi connectivity index (χ1n) is 16.2. The molecule has 46 heavy (non-hydrogen) atoms. The van der Waals surface area contributed by atoms with Gasteiger partial charge in [0.25, 0.3) is 5.91 Å². The Labute approximate surface area is 286 Å².